The Balaban J connectivity index is 1.46. The molecule has 29 heavy (non-hydrogen) atoms. The number of amides is 1. The van der Waals surface area contributed by atoms with Crippen molar-refractivity contribution in [3.8, 4) is 0 Å². The zero-order chi connectivity index (χ0) is 20.4. The molecule has 0 unspecified atom stereocenters. The highest BCUT2D eigenvalue weighted by atomic mass is 79.9. The van der Waals surface area contributed by atoms with Gasteiger partial charge in [-0.25, -0.2) is 8.42 Å². The molecule has 1 saturated heterocycles. The molecule has 0 bridgehead atoms. The van der Waals surface area contributed by atoms with Crippen molar-refractivity contribution in [2.75, 3.05) is 30.3 Å². The number of fused-ring (bicyclic) bond motifs is 1. The lowest BCUT2D eigenvalue weighted by Crippen LogP contribution is -2.35. The molecule has 0 aliphatic carbocycles. The number of sulfonamides is 1. The molecule has 5 nitrogen and oxygen atoms in total. The molecule has 1 fully saturated rings. The number of anilines is 1. The van der Waals surface area contributed by atoms with Crippen molar-refractivity contribution in [1.82, 2.24) is 4.31 Å². The summed E-state index contributed by atoms with van der Waals surface area (Å²) in [5, 5.41) is 0. The van der Waals surface area contributed by atoms with Crippen molar-refractivity contribution in [2.24, 2.45) is 0 Å². The molecule has 8 heteroatoms. The lowest BCUT2D eigenvalue weighted by molar-refractivity contribution is -0.116. The molecule has 0 N–H and O–H groups in total. The predicted molar refractivity (Wildman–Crippen MR) is 120 cm³/mol. The number of benzene rings is 2. The van der Waals surface area contributed by atoms with Gasteiger partial charge in [-0.05, 0) is 67.3 Å². The predicted octanol–water partition coefficient (Wildman–Crippen LogP) is 4.31. The number of hydrogen-bond acceptors (Lipinski definition) is 4. The number of nitrogens with zero attached hydrogens (tertiary/aromatic N) is 2. The lowest BCUT2D eigenvalue weighted by atomic mass is 10.2. The van der Waals surface area contributed by atoms with Gasteiger partial charge in [-0.15, -0.1) is 11.8 Å². The molecular weight excluding hydrogens is 472 g/mol. The average molecular weight is 495 g/mol. The molecular formula is C21H23BrN2O3S2. The summed E-state index contributed by atoms with van der Waals surface area (Å²) in [5.41, 5.74) is 1.77. The van der Waals surface area contributed by atoms with Crippen LogP contribution in [0.2, 0.25) is 0 Å². The topological polar surface area (TPSA) is 57.7 Å². The van der Waals surface area contributed by atoms with E-state index in [1.165, 1.54) is 11.8 Å². The van der Waals surface area contributed by atoms with E-state index in [0.29, 0.717) is 36.7 Å². The summed E-state index contributed by atoms with van der Waals surface area (Å²) in [6.45, 7) is 1.79. The van der Waals surface area contributed by atoms with Crippen LogP contribution in [0, 0.1) is 0 Å². The van der Waals surface area contributed by atoms with Crippen molar-refractivity contribution >= 4 is 49.3 Å². The summed E-state index contributed by atoms with van der Waals surface area (Å²) in [7, 11) is -3.45. The fourth-order valence-corrected chi connectivity index (χ4v) is 6.41. The second kappa shape index (κ2) is 8.79. The highest BCUT2D eigenvalue weighted by Crippen LogP contribution is 2.32. The summed E-state index contributed by atoms with van der Waals surface area (Å²) >= 11 is 4.92. The van der Waals surface area contributed by atoms with Crippen molar-refractivity contribution in [3.63, 3.8) is 0 Å². The van der Waals surface area contributed by atoms with E-state index in [1.54, 1.807) is 27.4 Å². The molecule has 0 saturated carbocycles. The van der Waals surface area contributed by atoms with Crippen molar-refractivity contribution < 1.29 is 13.2 Å². The van der Waals surface area contributed by atoms with E-state index in [9.17, 15) is 13.2 Å². The number of rotatable bonds is 5. The maximum absolute atomic E-state index is 12.9. The molecule has 0 radical (unpaired) electrons. The number of halogens is 1. The van der Waals surface area contributed by atoms with E-state index in [4.69, 9.17) is 0 Å². The highest BCUT2D eigenvalue weighted by molar-refractivity contribution is 9.10. The first kappa shape index (κ1) is 20.9. The monoisotopic (exact) mass is 494 g/mol. The van der Waals surface area contributed by atoms with Gasteiger partial charge in [0.1, 0.15) is 0 Å². The van der Waals surface area contributed by atoms with E-state index >= 15 is 0 Å². The first-order valence-corrected chi connectivity index (χ1v) is 13.0. The van der Waals surface area contributed by atoms with Gasteiger partial charge < -0.3 is 4.90 Å². The minimum atomic E-state index is -3.45. The van der Waals surface area contributed by atoms with Gasteiger partial charge in [0, 0.05) is 34.7 Å². The van der Waals surface area contributed by atoms with Gasteiger partial charge in [-0.1, -0.05) is 22.4 Å². The van der Waals surface area contributed by atoms with E-state index in [2.05, 4.69) is 15.9 Å². The summed E-state index contributed by atoms with van der Waals surface area (Å²) in [4.78, 5) is 15.9. The molecule has 2 aromatic rings. The Morgan fingerprint density at radius 3 is 2.45 bits per heavy atom. The van der Waals surface area contributed by atoms with E-state index in [-0.39, 0.29) is 5.91 Å². The third-order valence-corrected chi connectivity index (χ3v) is 8.80. The highest BCUT2D eigenvalue weighted by Gasteiger charge is 2.30. The molecule has 2 aliphatic rings. The standard InChI is InChI=1S/C21H23BrN2O3S2/c22-17-4-6-18(7-5-17)28-15-21(25)24-13-10-16-14-19(8-9-20(16)24)29(26,27)23-11-2-1-3-12-23/h4-9,14H,1-3,10-13,15H2. The Morgan fingerprint density at radius 2 is 1.72 bits per heavy atom. The second-order valence-corrected chi connectivity index (χ2v) is 11.2. The molecule has 2 heterocycles. The van der Waals surface area contributed by atoms with Crippen LogP contribution in [-0.4, -0.2) is 44.0 Å². The van der Waals surface area contributed by atoms with Crippen molar-refractivity contribution in [2.45, 2.75) is 35.5 Å². The fraction of sp³-hybridized carbons (Fsp3) is 0.381. The fourth-order valence-electron chi connectivity index (χ4n) is 3.81. The van der Waals surface area contributed by atoms with Gasteiger partial charge in [0.05, 0.1) is 10.6 Å². The number of hydrogen-bond donors (Lipinski definition) is 0. The van der Waals surface area contributed by atoms with Gasteiger partial charge in [0.2, 0.25) is 15.9 Å². The molecule has 2 aromatic carbocycles. The third kappa shape index (κ3) is 4.55. The first-order chi connectivity index (χ1) is 13.9. The van der Waals surface area contributed by atoms with Crippen LogP contribution in [0.4, 0.5) is 5.69 Å². The van der Waals surface area contributed by atoms with Gasteiger partial charge in [-0.2, -0.15) is 4.31 Å². The van der Waals surface area contributed by atoms with Crippen LogP contribution >= 0.6 is 27.7 Å². The molecule has 0 spiro atoms. The van der Waals surface area contributed by atoms with Crippen LogP contribution in [-0.2, 0) is 21.2 Å². The number of piperidine rings is 1. The normalized spacial score (nSPS) is 17.3. The van der Waals surface area contributed by atoms with Crippen LogP contribution in [0.5, 0.6) is 0 Å². The van der Waals surface area contributed by atoms with Crippen LogP contribution in [0.3, 0.4) is 0 Å². The van der Waals surface area contributed by atoms with E-state index in [1.807, 2.05) is 24.3 Å². The van der Waals surface area contributed by atoms with E-state index in [0.717, 1.165) is 39.9 Å². The zero-order valence-electron chi connectivity index (χ0n) is 16.0. The Morgan fingerprint density at radius 1 is 1.00 bits per heavy atom. The van der Waals surface area contributed by atoms with Crippen LogP contribution < -0.4 is 4.90 Å². The summed E-state index contributed by atoms with van der Waals surface area (Å²) in [6.07, 6.45) is 3.61. The average Bonchev–Trinajstić information content (AvgIpc) is 3.17. The number of carbonyl (C=O) groups excluding carboxylic acids is 1. The van der Waals surface area contributed by atoms with Gasteiger partial charge in [0.15, 0.2) is 0 Å². The molecule has 2 aliphatic heterocycles. The second-order valence-electron chi connectivity index (χ2n) is 7.29. The van der Waals surface area contributed by atoms with Gasteiger partial charge >= 0.3 is 0 Å². The minimum absolute atomic E-state index is 0.0447. The molecule has 154 valence electrons. The largest absolute Gasteiger partial charge is 0.311 e. The maximum atomic E-state index is 12.9. The van der Waals surface area contributed by atoms with Crippen LogP contribution in [0.15, 0.2) is 56.7 Å². The Hall–Kier alpha value is -1.35. The van der Waals surface area contributed by atoms with Gasteiger partial charge in [-0.3, -0.25) is 4.79 Å². The maximum Gasteiger partial charge on any atom is 0.243 e. The van der Waals surface area contributed by atoms with Gasteiger partial charge in [0.25, 0.3) is 0 Å². The molecule has 0 atom stereocenters. The molecule has 1 amide bonds. The number of thioether (sulfide) groups is 1. The Labute approximate surface area is 184 Å². The van der Waals surface area contributed by atoms with Crippen LogP contribution in [0.1, 0.15) is 24.8 Å². The van der Waals surface area contributed by atoms with E-state index < -0.39 is 10.0 Å². The summed E-state index contributed by atoms with van der Waals surface area (Å²) in [5.74, 6) is 0.401. The Bertz CT molecular complexity index is 1000. The smallest absolute Gasteiger partial charge is 0.243 e. The molecule has 0 aromatic heterocycles. The lowest BCUT2D eigenvalue weighted by Gasteiger charge is -2.26. The zero-order valence-corrected chi connectivity index (χ0v) is 19.2. The SMILES string of the molecule is O=C(CSc1ccc(Br)cc1)N1CCc2cc(S(=O)(=O)N3CCCCC3)ccc21. The number of carbonyl (C=O) groups is 1. The van der Waals surface area contributed by atoms with Crippen molar-refractivity contribution in [3.05, 3.63) is 52.5 Å². The Kier molecular flexibility index (Phi) is 6.34. The quantitative estimate of drug-likeness (QED) is 0.581. The summed E-state index contributed by atoms with van der Waals surface area (Å²) in [6, 6.07) is 13.1. The first-order valence-electron chi connectivity index (χ1n) is 9.77. The minimum Gasteiger partial charge on any atom is -0.311 e. The molecule has 4 rings (SSSR count). The van der Waals surface area contributed by atoms with Crippen LogP contribution in [0.25, 0.3) is 0 Å². The third-order valence-electron chi connectivity index (χ3n) is 5.38. The summed E-state index contributed by atoms with van der Waals surface area (Å²) < 4.78 is 28.4. The van der Waals surface area contributed by atoms with Crippen molar-refractivity contribution in [1.29, 1.82) is 0 Å².